The Bertz CT molecular complexity index is 399. The van der Waals surface area contributed by atoms with E-state index in [1.807, 2.05) is 19.1 Å². The van der Waals surface area contributed by atoms with Crippen molar-refractivity contribution in [3.05, 3.63) is 22.2 Å². The summed E-state index contributed by atoms with van der Waals surface area (Å²) in [5.74, 6) is 1.44. The Hall–Kier alpha value is -0.780. The van der Waals surface area contributed by atoms with Gasteiger partial charge in [-0.05, 0) is 47.5 Å². The first-order chi connectivity index (χ1) is 9.12. The summed E-state index contributed by atoms with van der Waals surface area (Å²) in [6.07, 6.45) is 0. The summed E-state index contributed by atoms with van der Waals surface area (Å²) in [5.41, 5.74) is 1.13. The number of rotatable bonds is 8. The molecule has 0 heterocycles. The minimum Gasteiger partial charge on any atom is -0.493 e. The van der Waals surface area contributed by atoms with Crippen molar-refractivity contribution in [2.24, 2.45) is 0 Å². The van der Waals surface area contributed by atoms with Gasteiger partial charge in [0.05, 0.1) is 25.3 Å². The van der Waals surface area contributed by atoms with E-state index in [0.29, 0.717) is 18.4 Å². The lowest BCUT2D eigenvalue weighted by molar-refractivity contribution is 0.127. The number of ether oxygens (including phenoxy) is 3. The van der Waals surface area contributed by atoms with Crippen molar-refractivity contribution in [2.75, 3.05) is 27.4 Å². The van der Waals surface area contributed by atoms with Crippen LogP contribution >= 0.6 is 15.9 Å². The standard InChI is InChI=1S/C14H22BrNO3/c1-5-19-9-10(2)16-8-11-6-12(15)14(18-4)13(7-11)17-3/h6-7,10,16H,5,8-9H2,1-4H3. The lowest BCUT2D eigenvalue weighted by Gasteiger charge is -2.15. The molecule has 0 amide bonds. The molecule has 0 aliphatic rings. The van der Waals surface area contributed by atoms with Crippen molar-refractivity contribution in [2.45, 2.75) is 26.4 Å². The van der Waals surface area contributed by atoms with E-state index in [2.05, 4.69) is 28.2 Å². The summed E-state index contributed by atoms with van der Waals surface area (Å²) in [6, 6.07) is 4.32. The number of nitrogens with one attached hydrogen (secondary N) is 1. The summed E-state index contributed by atoms with van der Waals surface area (Å²) in [7, 11) is 3.27. The first-order valence-electron chi connectivity index (χ1n) is 6.33. The average molecular weight is 332 g/mol. The van der Waals surface area contributed by atoms with Gasteiger partial charge in [0.2, 0.25) is 0 Å². The van der Waals surface area contributed by atoms with Gasteiger partial charge in [-0.25, -0.2) is 0 Å². The average Bonchev–Trinajstić information content (AvgIpc) is 2.42. The van der Waals surface area contributed by atoms with Gasteiger partial charge in [0.1, 0.15) is 0 Å². The highest BCUT2D eigenvalue weighted by Gasteiger charge is 2.11. The highest BCUT2D eigenvalue weighted by atomic mass is 79.9. The van der Waals surface area contributed by atoms with E-state index in [1.165, 1.54) is 0 Å². The maximum absolute atomic E-state index is 5.37. The second-order valence-electron chi connectivity index (χ2n) is 4.25. The van der Waals surface area contributed by atoms with Crippen LogP contribution in [0.2, 0.25) is 0 Å². The van der Waals surface area contributed by atoms with Crippen molar-refractivity contribution in [1.29, 1.82) is 0 Å². The summed E-state index contributed by atoms with van der Waals surface area (Å²) < 4.78 is 16.9. The molecule has 1 rings (SSSR count). The highest BCUT2D eigenvalue weighted by molar-refractivity contribution is 9.10. The van der Waals surface area contributed by atoms with E-state index in [0.717, 1.165) is 28.9 Å². The van der Waals surface area contributed by atoms with Crippen LogP contribution in [-0.2, 0) is 11.3 Å². The van der Waals surface area contributed by atoms with Gasteiger partial charge in [0, 0.05) is 19.2 Å². The molecule has 0 aliphatic carbocycles. The Morgan fingerprint density at radius 3 is 2.58 bits per heavy atom. The van der Waals surface area contributed by atoms with Crippen molar-refractivity contribution < 1.29 is 14.2 Å². The molecular formula is C14H22BrNO3. The molecule has 4 nitrogen and oxygen atoms in total. The van der Waals surface area contributed by atoms with Crippen LogP contribution in [0.4, 0.5) is 0 Å². The molecule has 0 bridgehead atoms. The zero-order valence-electron chi connectivity index (χ0n) is 12.0. The fourth-order valence-electron chi connectivity index (χ4n) is 1.72. The second-order valence-corrected chi connectivity index (χ2v) is 5.11. The first-order valence-corrected chi connectivity index (χ1v) is 7.13. The number of benzene rings is 1. The van der Waals surface area contributed by atoms with Crippen molar-refractivity contribution >= 4 is 15.9 Å². The molecule has 0 aromatic heterocycles. The van der Waals surface area contributed by atoms with E-state index in [4.69, 9.17) is 14.2 Å². The van der Waals surface area contributed by atoms with Crippen LogP contribution < -0.4 is 14.8 Å². The van der Waals surface area contributed by atoms with Gasteiger partial charge in [0.15, 0.2) is 11.5 Å². The minimum atomic E-state index is 0.312. The third kappa shape index (κ3) is 5.01. The second kappa shape index (κ2) is 8.40. The summed E-state index contributed by atoms with van der Waals surface area (Å²) in [5, 5.41) is 3.41. The summed E-state index contributed by atoms with van der Waals surface area (Å²) in [4.78, 5) is 0. The van der Waals surface area contributed by atoms with Crippen molar-refractivity contribution in [3.8, 4) is 11.5 Å². The zero-order chi connectivity index (χ0) is 14.3. The van der Waals surface area contributed by atoms with Crippen LogP contribution in [-0.4, -0.2) is 33.5 Å². The zero-order valence-corrected chi connectivity index (χ0v) is 13.5. The molecule has 0 saturated carbocycles. The third-order valence-electron chi connectivity index (χ3n) is 2.72. The quantitative estimate of drug-likeness (QED) is 0.794. The van der Waals surface area contributed by atoms with Crippen LogP contribution in [0.5, 0.6) is 11.5 Å². The van der Waals surface area contributed by atoms with Gasteiger partial charge in [-0.1, -0.05) is 0 Å². The van der Waals surface area contributed by atoms with Gasteiger partial charge >= 0.3 is 0 Å². The number of hydrogen-bond donors (Lipinski definition) is 1. The highest BCUT2D eigenvalue weighted by Crippen LogP contribution is 2.36. The van der Waals surface area contributed by atoms with Crippen LogP contribution in [0.3, 0.4) is 0 Å². The van der Waals surface area contributed by atoms with Crippen LogP contribution in [0, 0.1) is 0 Å². The Labute approximate surface area is 123 Å². The molecule has 1 N–H and O–H groups in total. The van der Waals surface area contributed by atoms with Crippen molar-refractivity contribution in [3.63, 3.8) is 0 Å². The molecule has 0 saturated heterocycles. The molecule has 1 aromatic carbocycles. The third-order valence-corrected chi connectivity index (χ3v) is 3.31. The molecule has 108 valence electrons. The Morgan fingerprint density at radius 1 is 1.26 bits per heavy atom. The van der Waals surface area contributed by atoms with Gasteiger partial charge in [-0.3, -0.25) is 0 Å². The Morgan fingerprint density at radius 2 is 2.00 bits per heavy atom. The maximum Gasteiger partial charge on any atom is 0.174 e. The van der Waals surface area contributed by atoms with Gasteiger partial charge < -0.3 is 19.5 Å². The normalized spacial score (nSPS) is 12.3. The van der Waals surface area contributed by atoms with E-state index >= 15 is 0 Å². The summed E-state index contributed by atoms with van der Waals surface area (Å²) >= 11 is 3.49. The molecule has 1 atom stereocenters. The minimum absolute atomic E-state index is 0.312. The molecular weight excluding hydrogens is 310 g/mol. The van der Waals surface area contributed by atoms with Crippen LogP contribution in [0.15, 0.2) is 16.6 Å². The molecule has 1 aromatic rings. The molecule has 5 heteroatoms. The maximum atomic E-state index is 5.37. The lowest BCUT2D eigenvalue weighted by atomic mass is 10.2. The van der Waals surface area contributed by atoms with Gasteiger partial charge in [-0.15, -0.1) is 0 Å². The first kappa shape index (κ1) is 16.3. The van der Waals surface area contributed by atoms with E-state index < -0.39 is 0 Å². The largest absolute Gasteiger partial charge is 0.493 e. The van der Waals surface area contributed by atoms with Crippen LogP contribution in [0.1, 0.15) is 19.4 Å². The molecule has 0 aliphatic heterocycles. The van der Waals surface area contributed by atoms with Crippen molar-refractivity contribution in [1.82, 2.24) is 5.32 Å². The number of halogens is 1. The van der Waals surface area contributed by atoms with E-state index in [9.17, 15) is 0 Å². The van der Waals surface area contributed by atoms with E-state index in [-0.39, 0.29) is 0 Å². The van der Waals surface area contributed by atoms with Gasteiger partial charge in [0.25, 0.3) is 0 Å². The molecule has 0 spiro atoms. The topological polar surface area (TPSA) is 39.7 Å². The molecule has 1 unspecified atom stereocenters. The number of hydrogen-bond acceptors (Lipinski definition) is 4. The fourth-order valence-corrected chi connectivity index (χ4v) is 2.37. The predicted molar refractivity (Wildman–Crippen MR) is 80.0 cm³/mol. The van der Waals surface area contributed by atoms with Crippen LogP contribution in [0.25, 0.3) is 0 Å². The smallest absolute Gasteiger partial charge is 0.174 e. The number of methoxy groups -OCH3 is 2. The SMILES string of the molecule is CCOCC(C)NCc1cc(Br)c(OC)c(OC)c1. The molecule has 0 fully saturated rings. The molecule has 0 radical (unpaired) electrons. The van der Waals surface area contributed by atoms with E-state index in [1.54, 1.807) is 14.2 Å². The molecule has 19 heavy (non-hydrogen) atoms. The van der Waals surface area contributed by atoms with Gasteiger partial charge in [-0.2, -0.15) is 0 Å². The Kier molecular flexibility index (Phi) is 7.20. The monoisotopic (exact) mass is 331 g/mol. The lowest BCUT2D eigenvalue weighted by Crippen LogP contribution is -2.30. The summed E-state index contributed by atoms with van der Waals surface area (Å²) in [6.45, 7) is 6.32. The fraction of sp³-hybridized carbons (Fsp3) is 0.571. The Balaban J connectivity index is 2.66. The predicted octanol–water partition coefficient (Wildman–Crippen LogP) is 2.98.